The second-order valence-corrected chi connectivity index (χ2v) is 23.1. The highest BCUT2D eigenvalue weighted by molar-refractivity contribution is 7.09. The molecule has 3 rings (SSSR count). The van der Waals surface area contributed by atoms with Gasteiger partial charge in [-0.3, -0.25) is 14.4 Å². The van der Waals surface area contributed by atoms with Crippen LogP contribution in [0, 0.1) is 24.2 Å². The van der Waals surface area contributed by atoms with E-state index in [0.29, 0.717) is 25.8 Å². The van der Waals surface area contributed by atoms with Gasteiger partial charge in [0.15, 0.2) is 8.32 Å². The second-order valence-electron chi connectivity index (χ2n) is 17.3. The van der Waals surface area contributed by atoms with Gasteiger partial charge < -0.3 is 25.0 Å². The number of amides is 1. The first-order valence-corrected chi connectivity index (χ1v) is 22.6. The quantitative estimate of drug-likeness (QED) is 0.107. The summed E-state index contributed by atoms with van der Waals surface area (Å²) in [4.78, 5) is 46.6. The van der Waals surface area contributed by atoms with Gasteiger partial charge in [0.05, 0.1) is 46.9 Å². The van der Waals surface area contributed by atoms with Crippen molar-refractivity contribution in [3.63, 3.8) is 0 Å². The largest absolute Gasteiger partial charge is 0.461 e. The van der Waals surface area contributed by atoms with Crippen molar-refractivity contribution < 1.29 is 28.3 Å². The van der Waals surface area contributed by atoms with Crippen molar-refractivity contribution >= 4 is 43.4 Å². The molecule has 2 saturated heterocycles. The third-order valence-electron chi connectivity index (χ3n) is 11.6. The van der Waals surface area contributed by atoms with Crippen molar-refractivity contribution in [2.24, 2.45) is 23.0 Å². The Morgan fingerprint density at radius 3 is 2.46 bits per heavy atom. The zero-order valence-electron chi connectivity index (χ0n) is 33.1. The molecule has 0 aromatic carbocycles. The third kappa shape index (κ3) is 11.3. The van der Waals surface area contributed by atoms with Crippen LogP contribution in [-0.4, -0.2) is 67.5 Å². The number of fused-ring (bicyclic) bond motifs is 1. The minimum Gasteiger partial charge on any atom is -0.461 e. The summed E-state index contributed by atoms with van der Waals surface area (Å²) < 4.78 is 19.5. The molecular formula is C39H67N3O6SSi. The summed E-state index contributed by atoms with van der Waals surface area (Å²) in [6.45, 7) is 25.3. The van der Waals surface area contributed by atoms with E-state index in [-0.39, 0.29) is 52.8 Å². The Hall–Kier alpha value is -1.92. The Bertz CT molecular complexity index is 1350. The van der Waals surface area contributed by atoms with E-state index in [1.807, 2.05) is 46.1 Å². The first kappa shape index (κ1) is 42.5. The van der Waals surface area contributed by atoms with E-state index in [9.17, 15) is 14.4 Å². The number of thiazole rings is 1. The molecule has 3 N–H and O–H groups in total. The molecular weight excluding hydrogens is 667 g/mol. The van der Waals surface area contributed by atoms with Crippen LogP contribution < -0.4 is 11.1 Å². The average molecular weight is 734 g/mol. The maximum absolute atomic E-state index is 14.7. The lowest BCUT2D eigenvalue weighted by molar-refractivity contribution is -0.160. The number of hydrogen-bond donors (Lipinski definition) is 2. The Morgan fingerprint density at radius 2 is 1.86 bits per heavy atom. The summed E-state index contributed by atoms with van der Waals surface area (Å²) in [7, 11) is -2.43. The number of carbonyl (C=O) groups is 3. The number of ether oxygens (including phenoxy) is 2. The molecule has 1 aromatic rings. The van der Waals surface area contributed by atoms with Gasteiger partial charge in [-0.2, -0.15) is 0 Å². The molecule has 50 heavy (non-hydrogen) atoms. The summed E-state index contributed by atoms with van der Waals surface area (Å²) >= 11 is 1.60. The molecule has 9 nitrogen and oxygen atoms in total. The van der Waals surface area contributed by atoms with Crippen molar-refractivity contribution in [1.29, 1.82) is 0 Å². The van der Waals surface area contributed by atoms with Crippen LogP contribution in [0.4, 0.5) is 0 Å². The van der Waals surface area contributed by atoms with Gasteiger partial charge in [0.1, 0.15) is 11.9 Å². The number of nitrogens with two attached hydrogens (primary N) is 1. The molecule has 0 bridgehead atoms. The van der Waals surface area contributed by atoms with Crippen LogP contribution in [0.3, 0.4) is 0 Å². The topological polar surface area (TPSA) is 133 Å². The van der Waals surface area contributed by atoms with E-state index >= 15 is 0 Å². The molecule has 0 radical (unpaired) electrons. The number of carbonyl (C=O) groups excluding carboxylic acids is 3. The Kier molecular flexibility index (Phi) is 14.7. The van der Waals surface area contributed by atoms with Gasteiger partial charge >= 0.3 is 5.97 Å². The number of Topliss-reactive ketones (excluding diaryl/α,β-unsaturated/α-hetero) is 1. The highest BCUT2D eigenvalue weighted by Crippen LogP contribution is 2.45. The van der Waals surface area contributed by atoms with Gasteiger partial charge in [0.25, 0.3) is 0 Å². The number of epoxide rings is 1. The van der Waals surface area contributed by atoms with Crippen molar-refractivity contribution in [3.05, 3.63) is 21.7 Å². The number of ketones is 1. The van der Waals surface area contributed by atoms with Crippen LogP contribution in [0.5, 0.6) is 0 Å². The molecule has 0 aliphatic carbocycles. The van der Waals surface area contributed by atoms with E-state index in [0.717, 1.165) is 48.4 Å². The molecule has 11 heteroatoms. The maximum atomic E-state index is 14.7. The molecule has 7 atom stereocenters. The van der Waals surface area contributed by atoms with Crippen LogP contribution in [0.25, 0.3) is 6.08 Å². The van der Waals surface area contributed by atoms with E-state index < -0.39 is 31.9 Å². The number of aryl methyl sites for hydroxylation is 1. The van der Waals surface area contributed by atoms with Crippen molar-refractivity contribution in [3.8, 4) is 0 Å². The predicted octanol–water partition coefficient (Wildman–Crippen LogP) is 8.15. The van der Waals surface area contributed by atoms with Crippen LogP contribution in [0.15, 0.2) is 11.0 Å². The summed E-state index contributed by atoms with van der Waals surface area (Å²) in [5.74, 6) is -1.14. The minimum atomic E-state index is -2.43. The third-order valence-corrected chi connectivity index (χ3v) is 16.9. The molecule has 2 aliphatic rings. The summed E-state index contributed by atoms with van der Waals surface area (Å²) in [6.07, 6.45) is 6.68. The van der Waals surface area contributed by atoms with Crippen LogP contribution in [-0.2, 0) is 28.3 Å². The number of unbranched alkanes of at least 4 members (excludes halogenated alkanes) is 2. The summed E-state index contributed by atoms with van der Waals surface area (Å²) in [5, 5.41) is 6.20. The van der Waals surface area contributed by atoms with E-state index in [4.69, 9.17) is 19.6 Å². The predicted molar refractivity (Wildman–Crippen MR) is 205 cm³/mol. The lowest BCUT2D eigenvalue weighted by atomic mass is 9.72. The Balaban J connectivity index is 2.01. The molecule has 2 fully saturated rings. The lowest BCUT2D eigenvalue weighted by Crippen LogP contribution is -2.54. The highest BCUT2D eigenvalue weighted by atomic mass is 32.1. The number of esters is 1. The fraction of sp³-hybridized carbons (Fsp3) is 0.795. The average Bonchev–Trinajstić information content (AvgIpc) is 3.45. The molecule has 0 saturated carbocycles. The Morgan fingerprint density at radius 1 is 1.18 bits per heavy atom. The van der Waals surface area contributed by atoms with E-state index in [1.54, 1.807) is 11.3 Å². The van der Waals surface area contributed by atoms with Gasteiger partial charge in [0.2, 0.25) is 5.91 Å². The van der Waals surface area contributed by atoms with Gasteiger partial charge in [-0.05, 0) is 88.7 Å². The second kappa shape index (κ2) is 17.3. The molecule has 2 aliphatic heterocycles. The molecule has 284 valence electrons. The van der Waals surface area contributed by atoms with Gasteiger partial charge in [-0.15, -0.1) is 11.3 Å². The van der Waals surface area contributed by atoms with Gasteiger partial charge in [0, 0.05) is 23.6 Å². The van der Waals surface area contributed by atoms with Crippen LogP contribution in [0.1, 0.15) is 131 Å². The van der Waals surface area contributed by atoms with E-state index in [1.165, 1.54) is 0 Å². The first-order chi connectivity index (χ1) is 23.1. The smallest absolute Gasteiger partial charge is 0.306 e. The monoisotopic (exact) mass is 733 g/mol. The number of hydrogen-bond acceptors (Lipinski definition) is 9. The molecule has 0 spiro atoms. The van der Waals surface area contributed by atoms with E-state index in [2.05, 4.69) is 58.0 Å². The molecule has 1 amide bonds. The van der Waals surface area contributed by atoms with Crippen molar-refractivity contribution in [2.75, 3.05) is 6.54 Å². The molecule has 1 aromatic heterocycles. The fourth-order valence-corrected chi connectivity index (χ4v) is 8.92. The van der Waals surface area contributed by atoms with Crippen LogP contribution in [0.2, 0.25) is 18.1 Å². The van der Waals surface area contributed by atoms with Gasteiger partial charge in [-0.1, -0.05) is 61.3 Å². The summed E-state index contributed by atoms with van der Waals surface area (Å²) in [6, 6.07) is -0.261. The normalized spacial score (nSPS) is 30.4. The highest BCUT2D eigenvalue weighted by Gasteiger charge is 2.53. The number of nitrogens with zero attached hydrogens (tertiary/aromatic N) is 1. The standard InChI is InChI=1S/C39H67N3O6SSi/c1-25-17-16-19-39(10)32(47-39)22-30(26(2)21-29-24-49-28(4)41-29)42-33(43)23-31(48-50(11,12)37(5,6)7)38(8,9)36(45)27(3)35(25)46-34(44)18-14-13-15-20-40/h21,24-25,27,30-32,35H,13-20,22-23,40H2,1-12H3,(H,42,43)/t25-,27+,30-,31-,32-,35-,39+/m0/s1. The zero-order valence-corrected chi connectivity index (χ0v) is 34.9. The lowest BCUT2D eigenvalue weighted by Gasteiger charge is -2.45. The summed E-state index contributed by atoms with van der Waals surface area (Å²) in [5.41, 5.74) is 6.20. The number of rotatable bonds is 10. The molecule has 0 unspecified atom stereocenters. The first-order valence-electron chi connectivity index (χ1n) is 18.8. The zero-order chi connectivity index (χ0) is 37.7. The SMILES string of the molecule is CC(=Cc1csc(C)n1)[C@@H]1C[C@@H]2O[C@]2(C)CCC[C@H](C)[C@H](OC(=O)CCCCCN)[C@@H](C)C(=O)C(C)(C)[C@@H](O[Si](C)(C)C(C)(C)C)CC(=O)N1. The van der Waals surface area contributed by atoms with Crippen molar-refractivity contribution in [1.82, 2.24) is 10.3 Å². The van der Waals surface area contributed by atoms with Gasteiger partial charge in [-0.25, -0.2) is 4.98 Å². The number of aromatic nitrogens is 1. The van der Waals surface area contributed by atoms with Crippen molar-refractivity contribution in [2.45, 2.75) is 175 Å². The fourth-order valence-electron chi connectivity index (χ4n) is 6.91. The molecule has 3 heterocycles. The maximum Gasteiger partial charge on any atom is 0.306 e. The number of nitrogens with one attached hydrogen (secondary N) is 1. The Labute approximate surface area is 307 Å². The minimum absolute atomic E-state index is 0.00472. The van der Waals surface area contributed by atoms with Crippen LogP contribution >= 0.6 is 11.3 Å².